The molecule has 0 aromatic rings. The van der Waals surface area contributed by atoms with Gasteiger partial charge in [-0.05, 0) is 41.5 Å². The van der Waals surface area contributed by atoms with Gasteiger partial charge in [0.15, 0.2) is 37.7 Å². The van der Waals surface area contributed by atoms with Crippen molar-refractivity contribution < 1.29 is 103 Å². The van der Waals surface area contributed by atoms with E-state index < -0.39 is 184 Å². The zero-order valence-electron chi connectivity index (χ0n) is 35.2. The summed E-state index contributed by atoms with van der Waals surface area (Å²) in [5.74, 6) is -2.00. The van der Waals surface area contributed by atoms with Gasteiger partial charge >= 0.3 is 0 Å². The Balaban J connectivity index is 1.14. The summed E-state index contributed by atoms with van der Waals surface area (Å²) >= 11 is 0. The van der Waals surface area contributed by atoms with E-state index >= 15 is 0 Å². The largest absolute Gasteiger partial charge is 0.390 e. The maximum atomic E-state index is 11.6. The zero-order chi connectivity index (χ0) is 43.8. The first kappa shape index (κ1) is 47.1. The summed E-state index contributed by atoms with van der Waals surface area (Å²) in [4.78, 5) is 0. The van der Waals surface area contributed by atoms with Crippen LogP contribution in [-0.2, 0) is 56.8 Å². The molecule has 0 amide bonds. The second kappa shape index (κ2) is 18.6. The van der Waals surface area contributed by atoms with E-state index in [-0.39, 0.29) is 0 Å². The van der Waals surface area contributed by atoms with Crippen LogP contribution in [0.15, 0.2) is 0 Å². The summed E-state index contributed by atoms with van der Waals surface area (Å²) < 4.78 is 73.0. The molecule has 22 aliphatic heterocycles. The highest BCUT2D eigenvalue weighted by atomic mass is 16.8. The molecule has 0 radical (unpaired) electrons. The molecule has 348 valence electrons. The maximum Gasteiger partial charge on any atom is 0.187 e. The second-order valence-electron chi connectivity index (χ2n) is 17.9. The van der Waals surface area contributed by atoms with Gasteiger partial charge in [-0.1, -0.05) is 20.8 Å². The number of rotatable bonds is 0. The fourth-order valence-electron chi connectivity index (χ4n) is 9.43. The van der Waals surface area contributed by atoms with E-state index in [1.807, 2.05) is 0 Å². The molecule has 0 aliphatic carbocycles. The number of hydrogen-bond acceptors (Lipinski definition) is 21. The number of hydrogen-bond donors (Lipinski definition) is 9. The molecule has 0 saturated carbocycles. The molecule has 21 nitrogen and oxygen atoms in total. The lowest BCUT2D eigenvalue weighted by Gasteiger charge is -2.51. The Morgan fingerprint density at radius 1 is 0.200 bits per heavy atom. The minimum atomic E-state index is -1.78. The van der Waals surface area contributed by atoms with E-state index in [4.69, 9.17) is 56.8 Å². The Bertz CT molecular complexity index is 1150. The van der Waals surface area contributed by atoms with Crippen molar-refractivity contribution in [1.29, 1.82) is 0 Å². The molecule has 30 unspecified atom stereocenters. The molecule has 0 aromatic carbocycles. The van der Waals surface area contributed by atoms with Crippen molar-refractivity contribution in [3.63, 3.8) is 0 Å². The van der Waals surface area contributed by atoms with E-state index in [0.29, 0.717) is 0 Å². The van der Waals surface area contributed by atoms with Crippen molar-refractivity contribution in [2.45, 2.75) is 228 Å². The summed E-state index contributed by atoms with van der Waals surface area (Å²) in [5.41, 5.74) is 0. The third-order valence-electron chi connectivity index (χ3n) is 13.5. The van der Waals surface area contributed by atoms with Crippen molar-refractivity contribution >= 4 is 0 Å². The van der Waals surface area contributed by atoms with Gasteiger partial charge in [0, 0.05) is 17.8 Å². The van der Waals surface area contributed by atoms with Gasteiger partial charge in [-0.25, -0.2) is 0 Å². The zero-order valence-corrected chi connectivity index (χ0v) is 35.2. The van der Waals surface area contributed by atoms with Crippen LogP contribution >= 0.6 is 0 Å². The quantitative estimate of drug-likeness (QED) is 0.117. The molecule has 21 heteroatoms. The van der Waals surface area contributed by atoms with Crippen molar-refractivity contribution in [2.24, 2.45) is 17.8 Å². The first-order chi connectivity index (χ1) is 28.2. The van der Waals surface area contributed by atoms with Crippen LogP contribution in [0.4, 0.5) is 0 Å². The molecule has 22 aliphatic rings. The molecule has 22 saturated heterocycles. The van der Waals surface area contributed by atoms with E-state index in [0.717, 1.165) is 0 Å². The minimum absolute atomic E-state index is 0.620. The Morgan fingerprint density at radius 3 is 0.733 bits per heavy atom. The summed E-state index contributed by atoms with van der Waals surface area (Å²) in [6.45, 7) is 14.8. The van der Waals surface area contributed by atoms with Gasteiger partial charge < -0.3 is 103 Å². The summed E-state index contributed by atoms with van der Waals surface area (Å²) in [5, 5.41) is 102. The molecule has 9 N–H and O–H groups in total. The summed E-state index contributed by atoms with van der Waals surface area (Å²) in [7, 11) is 0. The monoisotopic (exact) mass is 870 g/mol. The lowest BCUT2D eigenvalue weighted by molar-refractivity contribution is -0.392. The van der Waals surface area contributed by atoms with Crippen LogP contribution in [0.3, 0.4) is 0 Å². The van der Waals surface area contributed by atoms with Crippen LogP contribution in [0.5, 0.6) is 0 Å². The van der Waals surface area contributed by atoms with Gasteiger partial charge in [0.25, 0.3) is 0 Å². The van der Waals surface area contributed by atoms with Gasteiger partial charge in [-0.15, -0.1) is 0 Å². The number of aliphatic hydroxyl groups is 9. The fourth-order valence-corrected chi connectivity index (χ4v) is 9.43. The van der Waals surface area contributed by atoms with Crippen molar-refractivity contribution in [2.75, 3.05) is 0 Å². The average Bonchev–Trinajstić information content (AvgIpc) is 3.19. The Kier molecular flexibility index (Phi) is 14.6. The third kappa shape index (κ3) is 8.80. The number of aliphatic hydroxyl groups excluding tert-OH is 9. The van der Waals surface area contributed by atoms with Crippen molar-refractivity contribution in [1.82, 2.24) is 0 Å². The Labute approximate surface area is 348 Å². The normalized spacial score (nSPS) is 59.7. The molecule has 22 heterocycles. The molecule has 60 heavy (non-hydrogen) atoms. The van der Waals surface area contributed by atoms with E-state index in [9.17, 15) is 46.0 Å². The van der Waals surface area contributed by atoms with Crippen molar-refractivity contribution in [3.05, 3.63) is 0 Å². The lowest BCUT2D eigenvalue weighted by atomic mass is 9.89. The molecule has 12 bridgehead atoms. The molecule has 22 rings (SSSR count). The average molecular weight is 871 g/mol. The third-order valence-corrected chi connectivity index (χ3v) is 13.5. The maximum absolute atomic E-state index is 11.6. The first-order valence-electron chi connectivity index (χ1n) is 21.2. The van der Waals surface area contributed by atoms with Gasteiger partial charge in [-0.3, -0.25) is 0 Å². The second-order valence-corrected chi connectivity index (χ2v) is 17.9. The highest BCUT2D eigenvalue weighted by Crippen LogP contribution is 2.40. The van der Waals surface area contributed by atoms with Gasteiger partial charge in [0.1, 0.15) is 73.2 Å². The van der Waals surface area contributed by atoms with Crippen molar-refractivity contribution in [3.8, 4) is 0 Å². The molecule has 0 spiro atoms. The molecule has 30 atom stereocenters. The van der Waals surface area contributed by atoms with Crippen LogP contribution in [0, 0.1) is 17.8 Å². The van der Waals surface area contributed by atoms with Crippen LogP contribution in [0.2, 0.25) is 0 Å². The first-order valence-corrected chi connectivity index (χ1v) is 21.2. The standard InChI is InChI=1S/C39H66O21/c1-10-21(42)36-51-13(4)28(10)55-34-11(2)19(40)29(14(5)49-34)56-35-12(3)20(41)30(15(6)50-35)57-37-25(46)23(44)32(17(8)52-37)59-39-27(48)24(45)33(18(9)54-39)60-38-26(47)22(43)31(58-36)16(7)53-38/h10-48H,1-9H3. The predicted octanol–water partition coefficient (Wildman–Crippen LogP) is -3.06. The van der Waals surface area contributed by atoms with Crippen LogP contribution in [-0.4, -0.2) is 212 Å². The SMILES string of the molecule is CC1OC2OC3C(C)OC(OC4C(C)OC(OC5C(C)OC(OC6C(C)OC(OC7C(C)OC(OC1C(C)C2O)C(C)C7O)C(C)C6O)C(O)C5O)C(O)C4O)C(O)C3O. The molecule has 0 aromatic heterocycles. The summed E-state index contributed by atoms with van der Waals surface area (Å²) in [6.07, 6.45) is -33.6. The molecular formula is C39H66O21. The van der Waals surface area contributed by atoms with Gasteiger partial charge in [0.05, 0.1) is 54.9 Å². The van der Waals surface area contributed by atoms with E-state index in [2.05, 4.69) is 0 Å². The predicted molar refractivity (Wildman–Crippen MR) is 197 cm³/mol. The summed E-state index contributed by atoms with van der Waals surface area (Å²) in [6, 6.07) is 0. The topological polar surface area (TPSA) is 293 Å². The van der Waals surface area contributed by atoms with Crippen LogP contribution < -0.4 is 0 Å². The van der Waals surface area contributed by atoms with Gasteiger partial charge in [-0.2, -0.15) is 0 Å². The molecular weight excluding hydrogens is 804 g/mol. The Morgan fingerprint density at radius 2 is 0.417 bits per heavy atom. The highest BCUT2D eigenvalue weighted by molar-refractivity contribution is 4.98. The highest BCUT2D eigenvalue weighted by Gasteiger charge is 2.56. The minimum Gasteiger partial charge on any atom is -0.390 e. The van der Waals surface area contributed by atoms with E-state index in [1.54, 1.807) is 48.5 Å². The smallest absolute Gasteiger partial charge is 0.187 e. The number of ether oxygens (including phenoxy) is 12. The molecule has 22 fully saturated rings. The van der Waals surface area contributed by atoms with Crippen LogP contribution in [0.1, 0.15) is 62.3 Å². The lowest BCUT2D eigenvalue weighted by Crippen LogP contribution is -2.66. The van der Waals surface area contributed by atoms with Gasteiger partial charge in [0.2, 0.25) is 0 Å². The Hall–Kier alpha value is -0.840. The van der Waals surface area contributed by atoms with E-state index in [1.165, 1.54) is 13.8 Å². The fraction of sp³-hybridized carbons (Fsp3) is 1.00. The van der Waals surface area contributed by atoms with Crippen LogP contribution in [0.25, 0.3) is 0 Å².